The van der Waals surface area contributed by atoms with E-state index in [1.54, 1.807) is 42.5 Å². The molecule has 0 fully saturated rings. The molecule has 0 saturated carbocycles. The highest BCUT2D eigenvalue weighted by Crippen LogP contribution is 2.43. The number of hydrogen-bond donors (Lipinski definition) is 2. The number of nitrogens with one attached hydrogen (secondary N) is 1. The van der Waals surface area contributed by atoms with Crippen LogP contribution in [0.25, 0.3) is 0 Å². The van der Waals surface area contributed by atoms with Gasteiger partial charge in [0, 0.05) is 11.1 Å². The largest absolute Gasteiger partial charge is 0.493 e. The van der Waals surface area contributed by atoms with E-state index in [4.69, 9.17) is 45.3 Å². The summed E-state index contributed by atoms with van der Waals surface area (Å²) in [7, 11) is 1.46. The lowest BCUT2D eigenvalue weighted by molar-refractivity contribution is 0.103. The molecule has 0 bridgehead atoms. The van der Waals surface area contributed by atoms with Gasteiger partial charge in [-0.25, -0.2) is 0 Å². The number of nitrogens with two attached hydrogens (primary N) is 1. The minimum Gasteiger partial charge on any atom is -0.493 e. The Kier molecular flexibility index (Phi) is 5.80. The standard InChI is InChI=1S/C20H15Cl3N2O2/c1-27-20-16(25-15-9-5-4-8-14(15)24)10-12(17(22)18(20)23)19(26)11-6-2-3-7-13(11)21/h2-10,25H,24H2,1H3. The van der Waals surface area contributed by atoms with Crippen molar-refractivity contribution in [3.05, 3.63) is 80.8 Å². The molecule has 0 aliphatic heterocycles. The van der Waals surface area contributed by atoms with Gasteiger partial charge < -0.3 is 15.8 Å². The number of methoxy groups -OCH3 is 1. The molecule has 0 radical (unpaired) electrons. The van der Waals surface area contributed by atoms with Gasteiger partial charge in [-0.05, 0) is 30.3 Å². The third-order valence-electron chi connectivity index (χ3n) is 3.96. The SMILES string of the molecule is COc1c(Nc2ccccc2N)cc(C(=O)c2ccccc2Cl)c(Cl)c1Cl. The Bertz CT molecular complexity index is 1020. The van der Waals surface area contributed by atoms with Crippen molar-refractivity contribution in [1.29, 1.82) is 0 Å². The Morgan fingerprint density at radius 1 is 0.926 bits per heavy atom. The van der Waals surface area contributed by atoms with Crippen molar-refractivity contribution in [1.82, 2.24) is 0 Å². The van der Waals surface area contributed by atoms with Crippen LogP contribution >= 0.6 is 34.8 Å². The number of halogens is 3. The van der Waals surface area contributed by atoms with Crippen molar-refractivity contribution < 1.29 is 9.53 Å². The molecule has 3 N–H and O–H groups in total. The predicted molar refractivity (Wildman–Crippen MR) is 112 cm³/mol. The van der Waals surface area contributed by atoms with Crippen molar-refractivity contribution in [2.45, 2.75) is 0 Å². The Labute approximate surface area is 171 Å². The second-order valence-electron chi connectivity index (χ2n) is 5.65. The van der Waals surface area contributed by atoms with E-state index in [0.717, 1.165) is 0 Å². The zero-order valence-corrected chi connectivity index (χ0v) is 16.5. The second kappa shape index (κ2) is 8.09. The number of para-hydroxylation sites is 2. The van der Waals surface area contributed by atoms with Gasteiger partial charge in [0.1, 0.15) is 5.02 Å². The summed E-state index contributed by atoms with van der Waals surface area (Å²) in [6, 6.07) is 15.5. The van der Waals surface area contributed by atoms with Crippen LogP contribution in [0.3, 0.4) is 0 Å². The molecule has 0 aromatic heterocycles. The van der Waals surface area contributed by atoms with E-state index in [1.165, 1.54) is 7.11 Å². The van der Waals surface area contributed by atoms with Gasteiger partial charge in [0.2, 0.25) is 0 Å². The molecular formula is C20H15Cl3N2O2. The van der Waals surface area contributed by atoms with Gasteiger partial charge in [-0.15, -0.1) is 0 Å². The predicted octanol–water partition coefficient (Wildman–Crippen LogP) is 6.21. The average molecular weight is 422 g/mol. The van der Waals surface area contributed by atoms with E-state index in [0.29, 0.717) is 33.4 Å². The quantitative estimate of drug-likeness (QED) is 0.379. The molecular weight excluding hydrogens is 407 g/mol. The summed E-state index contributed by atoms with van der Waals surface area (Å²) in [4.78, 5) is 13.0. The molecule has 0 saturated heterocycles. The summed E-state index contributed by atoms with van der Waals surface area (Å²) in [5, 5.41) is 3.68. The van der Waals surface area contributed by atoms with Crippen LogP contribution in [0.4, 0.5) is 17.1 Å². The van der Waals surface area contributed by atoms with E-state index in [1.807, 2.05) is 12.1 Å². The molecule has 138 valence electrons. The lowest BCUT2D eigenvalue weighted by Gasteiger charge is -2.17. The number of carbonyl (C=O) groups excluding carboxylic acids is 1. The van der Waals surface area contributed by atoms with Crippen LogP contribution in [0.1, 0.15) is 15.9 Å². The smallest absolute Gasteiger partial charge is 0.196 e. The molecule has 0 atom stereocenters. The fourth-order valence-corrected chi connectivity index (χ4v) is 3.34. The first-order valence-corrected chi connectivity index (χ1v) is 9.04. The number of carbonyl (C=O) groups is 1. The molecule has 0 aliphatic rings. The lowest BCUT2D eigenvalue weighted by Crippen LogP contribution is -2.06. The molecule has 27 heavy (non-hydrogen) atoms. The maximum atomic E-state index is 13.0. The zero-order valence-electron chi connectivity index (χ0n) is 14.2. The number of hydrogen-bond acceptors (Lipinski definition) is 4. The number of benzene rings is 3. The Hall–Kier alpha value is -2.40. The van der Waals surface area contributed by atoms with Gasteiger partial charge in [0.15, 0.2) is 11.5 Å². The number of ketones is 1. The van der Waals surface area contributed by atoms with Crippen LogP contribution in [-0.4, -0.2) is 12.9 Å². The molecule has 0 unspecified atom stereocenters. The van der Waals surface area contributed by atoms with Crippen molar-refractivity contribution in [2.24, 2.45) is 0 Å². The summed E-state index contributed by atoms with van der Waals surface area (Å²) < 4.78 is 5.38. The van der Waals surface area contributed by atoms with Crippen molar-refractivity contribution in [2.75, 3.05) is 18.2 Å². The Morgan fingerprint density at radius 2 is 1.59 bits per heavy atom. The van der Waals surface area contributed by atoms with E-state index in [2.05, 4.69) is 5.32 Å². The molecule has 0 aliphatic carbocycles. The Morgan fingerprint density at radius 3 is 2.26 bits per heavy atom. The number of anilines is 3. The maximum Gasteiger partial charge on any atom is 0.196 e. The molecule has 3 aromatic carbocycles. The molecule has 7 heteroatoms. The monoisotopic (exact) mass is 420 g/mol. The third-order valence-corrected chi connectivity index (χ3v) is 5.14. The summed E-state index contributed by atoms with van der Waals surface area (Å²) in [6.07, 6.45) is 0. The minimum absolute atomic E-state index is 0.0880. The van der Waals surface area contributed by atoms with Crippen LogP contribution in [0.5, 0.6) is 5.75 Å². The van der Waals surface area contributed by atoms with Gasteiger partial charge in [-0.3, -0.25) is 4.79 Å². The highest BCUT2D eigenvalue weighted by Gasteiger charge is 2.23. The topological polar surface area (TPSA) is 64.3 Å². The second-order valence-corrected chi connectivity index (χ2v) is 6.82. The summed E-state index contributed by atoms with van der Waals surface area (Å²) >= 11 is 18.9. The maximum absolute atomic E-state index is 13.0. The summed E-state index contributed by atoms with van der Waals surface area (Å²) in [5.74, 6) is -0.0418. The van der Waals surface area contributed by atoms with Crippen LogP contribution in [0.15, 0.2) is 54.6 Å². The van der Waals surface area contributed by atoms with E-state index >= 15 is 0 Å². The van der Waals surface area contributed by atoms with Gasteiger partial charge in [-0.2, -0.15) is 0 Å². The lowest BCUT2D eigenvalue weighted by atomic mass is 10.0. The number of rotatable bonds is 5. The number of nitrogen functional groups attached to an aromatic ring is 1. The van der Waals surface area contributed by atoms with Gasteiger partial charge >= 0.3 is 0 Å². The normalized spacial score (nSPS) is 10.5. The first-order chi connectivity index (χ1) is 12.9. The van der Waals surface area contributed by atoms with Crippen LogP contribution in [0, 0.1) is 0 Å². The van der Waals surface area contributed by atoms with Crippen LogP contribution in [0.2, 0.25) is 15.1 Å². The first kappa shape index (κ1) is 19.4. The summed E-state index contributed by atoms with van der Waals surface area (Å²) in [5.41, 5.74) is 8.15. The van der Waals surface area contributed by atoms with Gasteiger partial charge in [-0.1, -0.05) is 59.1 Å². The van der Waals surface area contributed by atoms with Crippen molar-refractivity contribution in [3.63, 3.8) is 0 Å². The summed E-state index contributed by atoms with van der Waals surface area (Å²) in [6.45, 7) is 0. The molecule has 0 amide bonds. The fourth-order valence-electron chi connectivity index (χ4n) is 2.61. The molecule has 0 heterocycles. The third kappa shape index (κ3) is 3.83. The molecule has 3 rings (SSSR count). The van der Waals surface area contributed by atoms with E-state index in [-0.39, 0.29) is 21.4 Å². The highest BCUT2D eigenvalue weighted by atomic mass is 35.5. The van der Waals surface area contributed by atoms with E-state index in [9.17, 15) is 4.79 Å². The van der Waals surface area contributed by atoms with Crippen LogP contribution in [-0.2, 0) is 0 Å². The molecule has 4 nitrogen and oxygen atoms in total. The average Bonchev–Trinajstić information content (AvgIpc) is 2.66. The molecule has 0 spiro atoms. The Balaban J connectivity index is 2.13. The number of ether oxygens (including phenoxy) is 1. The van der Waals surface area contributed by atoms with Crippen molar-refractivity contribution >= 4 is 57.6 Å². The van der Waals surface area contributed by atoms with Gasteiger partial charge in [0.25, 0.3) is 0 Å². The van der Waals surface area contributed by atoms with E-state index < -0.39 is 0 Å². The van der Waals surface area contributed by atoms with Crippen molar-refractivity contribution in [3.8, 4) is 5.75 Å². The zero-order chi connectivity index (χ0) is 19.6. The minimum atomic E-state index is -0.348. The highest BCUT2D eigenvalue weighted by molar-refractivity contribution is 6.46. The first-order valence-electron chi connectivity index (χ1n) is 7.90. The van der Waals surface area contributed by atoms with Gasteiger partial charge in [0.05, 0.1) is 34.2 Å². The van der Waals surface area contributed by atoms with Crippen LogP contribution < -0.4 is 15.8 Å². The molecule has 3 aromatic rings. The fraction of sp³-hybridized carbons (Fsp3) is 0.0500.